The molecule has 0 aliphatic carbocycles. The van der Waals surface area contributed by atoms with Gasteiger partial charge in [0.15, 0.2) is 0 Å². The SMILES string of the molecule is C1=COCCN1.CC. The topological polar surface area (TPSA) is 21.3 Å². The summed E-state index contributed by atoms with van der Waals surface area (Å²) in [6, 6.07) is 0. The zero-order valence-electron chi connectivity index (χ0n) is 5.48. The van der Waals surface area contributed by atoms with Gasteiger partial charge in [-0.15, -0.1) is 0 Å². The van der Waals surface area contributed by atoms with Crippen molar-refractivity contribution in [3.05, 3.63) is 12.5 Å². The maximum atomic E-state index is 4.83. The standard InChI is InChI=1S/C4H7NO.C2H6/c1-3-6-4-2-5-1;1-2/h1,3,5H,2,4H2;1-2H3. The predicted octanol–water partition coefficient (Wildman–Crippen LogP) is 1.10. The van der Waals surface area contributed by atoms with Crippen molar-refractivity contribution >= 4 is 0 Å². The molecule has 0 amide bonds. The van der Waals surface area contributed by atoms with E-state index < -0.39 is 0 Å². The van der Waals surface area contributed by atoms with Gasteiger partial charge in [0, 0.05) is 12.7 Å². The summed E-state index contributed by atoms with van der Waals surface area (Å²) in [5.41, 5.74) is 0. The van der Waals surface area contributed by atoms with Crippen molar-refractivity contribution in [2.24, 2.45) is 0 Å². The first kappa shape index (κ1) is 7.34. The molecule has 1 heterocycles. The molecular formula is C6H13NO. The summed E-state index contributed by atoms with van der Waals surface area (Å²) in [6.07, 6.45) is 3.45. The van der Waals surface area contributed by atoms with Crippen molar-refractivity contribution in [3.8, 4) is 0 Å². The molecule has 0 aromatic rings. The number of hydrogen-bond acceptors (Lipinski definition) is 2. The van der Waals surface area contributed by atoms with E-state index in [0.717, 1.165) is 13.2 Å². The predicted molar refractivity (Wildman–Crippen MR) is 34.4 cm³/mol. The molecule has 0 atom stereocenters. The van der Waals surface area contributed by atoms with Crippen molar-refractivity contribution in [1.29, 1.82) is 0 Å². The number of rotatable bonds is 0. The van der Waals surface area contributed by atoms with Crippen LogP contribution in [0.25, 0.3) is 0 Å². The van der Waals surface area contributed by atoms with Gasteiger partial charge in [-0.05, 0) is 0 Å². The molecule has 2 heteroatoms. The van der Waals surface area contributed by atoms with Gasteiger partial charge in [0.1, 0.15) is 6.61 Å². The molecule has 1 rings (SSSR count). The summed E-state index contributed by atoms with van der Waals surface area (Å²) in [5, 5.41) is 2.98. The van der Waals surface area contributed by atoms with Crippen LogP contribution in [0.3, 0.4) is 0 Å². The molecule has 2 nitrogen and oxygen atoms in total. The first-order chi connectivity index (χ1) is 4.00. The average Bonchev–Trinajstić information content (AvgIpc) is 1.96. The van der Waals surface area contributed by atoms with E-state index in [-0.39, 0.29) is 0 Å². The van der Waals surface area contributed by atoms with Crippen molar-refractivity contribution in [3.63, 3.8) is 0 Å². The van der Waals surface area contributed by atoms with Crippen LogP contribution < -0.4 is 5.32 Å². The second-order valence-corrected chi connectivity index (χ2v) is 1.13. The van der Waals surface area contributed by atoms with Crippen LogP contribution in [0.5, 0.6) is 0 Å². The fourth-order valence-corrected chi connectivity index (χ4v) is 0.365. The molecule has 8 heavy (non-hydrogen) atoms. The van der Waals surface area contributed by atoms with Crippen LogP contribution in [0, 0.1) is 0 Å². The van der Waals surface area contributed by atoms with E-state index >= 15 is 0 Å². The van der Waals surface area contributed by atoms with Gasteiger partial charge in [-0.25, -0.2) is 0 Å². The van der Waals surface area contributed by atoms with Gasteiger partial charge in [0.25, 0.3) is 0 Å². The molecule has 0 fully saturated rings. The maximum absolute atomic E-state index is 4.83. The van der Waals surface area contributed by atoms with Crippen molar-refractivity contribution in [2.45, 2.75) is 13.8 Å². The number of nitrogens with one attached hydrogen (secondary N) is 1. The third-order valence-electron chi connectivity index (χ3n) is 0.646. The molecule has 0 bridgehead atoms. The highest BCUT2D eigenvalue weighted by molar-refractivity contribution is 4.74. The smallest absolute Gasteiger partial charge is 0.105 e. The van der Waals surface area contributed by atoms with Crippen LogP contribution in [0.4, 0.5) is 0 Å². The maximum Gasteiger partial charge on any atom is 0.105 e. The molecular weight excluding hydrogens is 102 g/mol. The summed E-state index contributed by atoms with van der Waals surface area (Å²) < 4.78 is 4.83. The fraction of sp³-hybridized carbons (Fsp3) is 0.667. The Morgan fingerprint density at radius 3 is 2.38 bits per heavy atom. The largest absolute Gasteiger partial charge is 0.498 e. The minimum absolute atomic E-state index is 0.802. The quantitative estimate of drug-likeness (QED) is 0.510. The van der Waals surface area contributed by atoms with Gasteiger partial charge in [0.2, 0.25) is 0 Å². The van der Waals surface area contributed by atoms with Gasteiger partial charge in [0.05, 0.1) is 6.26 Å². The Balaban J connectivity index is 0.000000222. The van der Waals surface area contributed by atoms with Gasteiger partial charge in [-0.2, -0.15) is 0 Å². The average molecular weight is 115 g/mol. The lowest BCUT2D eigenvalue weighted by atomic mass is 10.6. The summed E-state index contributed by atoms with van der Waals surface area (Å²) in [5.74, 6) is 0. The van der Waals surface area contributed by atoms with Gasteiger partial charge < -0.3 is 10.1 Å². The lowest BCUT2D eigenvalue weighted by molar-refractivity contribution is 0.236. The van der Waals surface area contributed by atoms with Gasteiger partial charge >= 0.3 is 0 Å². The second kappa shape index (κ2) is 6.34. The van der Waals surface area contributed by atoms with Crippen LogP contribution in [-0.2, 0) is 4.74 Å². The Morgan fingerprint density at radius 1 is 1.50 bits per heavy atom. The minimum Gasteiger partial charge on any atom is -0.498 e. The molecule has 0 unspecified atom stereocenters. The van der Waals surface area contributed by atoms with Crippen LogP contribution in [-0.4, -0.2) is 13.2 Å². The monoisotopic (exact) mass is 115 g/mol. The first-order valence-electron chi connectivity index (χ1n) is 3.00. The number of ether oxygens (including phenoxy) is 1. The van der Waals surface area contributed by atoms with Crippen LogP contribution in [0.1, 0.15) is 13.8 Å². The van der Waals surface area contributed by atoms with E-state index in [1.165, 1.54) is 0 Å². The molecule has 0 aromatic heterocycles. The van der Waals surface area contributed by atoms with E-state index in [2.05, 4.69) is 5.32 Å². The van der Waals surface area contributed by atoms with Crippen molar-refractivity contribution in [1.82, 2.24) is 5.32 Å². The highest BCUT2D eigenvalue weighted by Crippen LogP contribution is 1.79. The lowest BCUT2D eigenvalue weighted by Crippen LogP contribution is -2.16. The molecule has 48 valence electrons. The van der Waals surface area contributed by atoms with E-state index in [1.54, 1.807) is 12.5 Å². The summed E-state index contributed by atoms with van der Waals surface area (Å²) in [6.45, 7) is 5.74. The van der Waals surface area contributed by atoms with Gasteiger partial charge in [-0.1, -0.05) is 13.8 Å². The van der Waals surface area contributed by atoms with Crippen molar-refractivity contribution < 1.29 is 4.74 Å². The summed E-state index contributed by atoms with van der Waals surface area (Å²) >= 11 is 0. The molecule has 0 spiro atoms. The molecule has 1 aliphatic heterocycles. The Morgan fingerprint density at radius 2 is 2.25 bits per heavy atom. The number of hydrogen-bond donors (Lipinski definition) is 1. The first-order valence-corrected chi connectivity index (χ1v) is 3.00. The second-order valence-electron chi connectivity index (χ2n) is 1.13. The van der Waals surface area contributed by atoms with Crippen molar-refractivity contribution in [2.75, 3.05) is 13.2 Å². The van der Waals surface area contributed by atoms with E-state index in [0.29, 0.717) is 0 Å². The lowest BCUT2D eigenvalue weighted by Gasteiger charge is -2.05. The molecule has 1 aliphatic rings. The molecule has 0 aromatic carbocycles. The summed E-state index contributed by atoms with van der Waals surface area (Å²) in [7, 11) is 0. The highest BCUT2D eigenvalue weighted by atomic mass is 16.5. The highest BCUT2D eigenvalue weighted by Gasteiger charge is 1.83. The summed E-state index contributed by atoms with van der Waals surface area (Å²) in [4.78, 5) is 0. The normalized spacial score (nSPS) is 14.8. The van der Waals surface area contributed by atoms with Crippen LogP contribution in [0.2, 0.25) is 0 Å². The van der Waals surface area contributed by atoms with Crippen LogP contribution >= 0.6 is 0 Å². The van der Waals surface area contributed by atoms with E-state index in [9.17, 15) is 0 Å². The molecule has 0 radical (unpaired) electrons. The zero-order chi connectivity index (χ0) is 6.24. The van der Waals surface area contributed by atoms with E-state index in [1.807, 2.05) is 13.8 Å². The third-order valence-corrected chi connectivity index (χ3v) is 0.646. The third kappa shape index (κ3) is 3.53. The van der Waals surface area contributed by atoms with E-state index in [4.69, 9.17) is 4.74 Å². The Bertz CT molecular complexity index is 53.5. The Kier molecular flexibility index (Phi) is 5.82. The minimum atomic E-state index is 0.802. The zero-order valence-corrected chi connectivity index (χ0v) is 5.48. The fourth-order valence-electron chi connectivity index (χ4n) is 0.365. The molecule has 0 saturated carbocycles. The Labute approximate surface area is 50.5 Å². The molecule has 1 N–H and O–H groups in total. The molecule has 0 saturated heterocycles. The van der Waals surface area contributed by atoms with Crippen LogP contribution in [0.15, 0.2) is 12.5 Å². The Hall–Kier alpha value is -0.660. The van der Waals surface area contributed by atoms with Gasteiger partial charge in [-0.3, -0.25) is 0 Å².